The van der Waals surface area contributed by atoms with Crippen molar-refractivity contribution >= 4 is 56.4 Å². The van der Waals surface area contributed by atoms with Crippen LogP contribution in [0, 0.1) is 0 Å². The van der Waals surface area contributed by atoms with Crippen LogP contribution in [0.2, 0.25) is 10.0 Å². The van der Waals surface area contributed by atoms with Crippen LogP contribution in [-0.2, 0) is 6.54 Å². The maximum atomic E-state index is 12.0. The van der Waals surface area contributed by atoms with Gasteiger partial charge in [-0.05, 0) is 40.2 Å². The predicted molar refractivity (Wildman–Crippen MR) is 79.7 cm³/mol. The first-order valence-electron chi connectivity index (χ1n) is 5.04. The molecule has 1 heterocycles. The van der Waals surface area contributed by atoms with E-state index in [1.165, 1.54) is 0 Å². The summed E-state index contributed by atoms with van der Waals surface area (Å²) < 4.78 is 1.03. The van der Waals surface area contributed by atoms with Crippen LogP contribution < -0.4 is 5.32 Å². The van der Waals surface area contributed by atoms with Crippen LogP contribution in [0.4, 0.5) is 0 Å². The molecular formula is C12H8BrCl2NOS. The summed E-state index contributed by atoms with van der Waals surface area (Å²) in [6.45, 7) is 0.455. The Morgan fingerprint density at radius 1 is 1.22 bits per heavy atom. The number of hydrogen-bond donors (Lipinski definition) is 1. The minimum Gasteiger partial charge on any atom is -0.347 e. The van der Waals surface area contributed by atoms with Gasteiger partial charge in [0.05, 0.1) is 25.9 Å². The zero-order chi connectivity index (χ0) is 13.1. The van der Waals surface area contributed by atoms with Gasteiger partial charge >= 0.3 is 0 Å². The Morgan fingerprint density at radius 2 is 1.89 bits per heavy atom. The van der Waals surface area contributed by atoms with Gasteiger partial charge in [0.1, 0.15) is 0 Å². The second-order valence-corrected chi connectivity index (χ2v) is 6.85. The highest BCUT2D eigenvalue weighted by Crippen LogP contribution is 2.25. The molecule has 1 N–H and O–H groups in total. The number of carbonyl (C=O) groups is 1. The second kappa shape index (κ2) is 6.06. The van der Waals surface area contributed by atoms with Gasteiger partial charge in [0, 0.05) is 4.88 Å². The molecule has 6 heteroatoms. The Hall–Kier alpha value is -0.550. The summed E-state index contributed by atoms with van der Waals surface area (Å²) in [6.07, 6.45) is 0. The molecule has 0 atom stereocenters. The molecule has 2 nitrogen and oxygen atoms in total. The van der Waals surface area contributed by atoms with E-state index >= 15 is 0 Å². The van der Waals surface area contributed by atoms with Gasteiger partial charge in [-0.15, -0.1) is 11.3 Å². The highest BCUT2D eigenvalue weighted by molar-refractivity contribution is 9.11. The van der Waals surface area contributed by atoms with Crippen LogP contribution in [-0.4, -0.2) is 5.91 Å². The standard InChI is InChI=1S/C12H8BrCl2NOS/c13-10-5-4-7(18-10)6-16-12(17)11-8(14)2-1-3-9(11)15/h1-5H,6H2,(H,16,17). The third-order valence-corrected chi connectivity index (χ3v) is 4.50. The van der Waals surface area contributed by atoms with Crippen LogP contribution in [0.1, 0.15) is 15.2 Å². The molecule has 0 bridgehead atoms. The van der Waals surface area contributed by atoms with Crippen LogP contribution in [0.25, 0.3) is 0 Å². The van der Waals surface area contributed by atoms with Crippen molar-refractivity contribution in [2.75, 3.05) is 0 Å². The number of benzene rings is 1. The fraction of sp³-hybridized carbons (Fsp3) is 0.0833. The van der Waals surface area contributed by atoms with E-state index < -0.39 is 0 Å². The van der Waals surface area contributed by atoms with E-state index in [4.69, 9.17) is 23.2 Å². The van der Waals surface area contributed by atoms with Gasteiger partial charge in [0.2, 0.25) is 0 Å². The lowest BCUT2D eigenvalue weighted by Crippen LogP contribution is -2.23. The summed E-state index contributed by atoms with van der Waals surface area (Å²) in [5.41, 5.74) is 0.316. The summed E-state index contributed by atoms with van der Waals surface area (Å²) >= 11 is 16.9. The molecule has 0 aliphatic rings. The fourth-order valence-corrected chi connectivity index (χ4v) is 3.41. The molecule has 0 aliphatic carbocycles. The SMILES string of the molecule is O=C(NCc1ccc(Br)s1)c1c(Cl)cccc1Cl. The summed E-state index contributed by atoms with van der Waals surface area (Å²) in [4.78, 5) is 13.0. The van der Waals surface area contributed by atoms with Gasteiger partial charge in [-0.1, -0.05) is 29.3 Å². The van der Waals surface area contributed by atoms with Crippen molar-refractivity contribution in [2.24, 2.45) is 0 Å². The molecule has 2 rings (SSSR count). The molecule has 0 spiro atoms. The maximum Gasteiger partial charge on any atom is 0.254 e. The van der Waals surface area contributed by atoms with Gasteiger partial charge in [-0.3, -0.25) is 4.79 Å². The molecule has 0 unspecified atom stereocenters. The van der Waals surface area contributed by atoms with E-state index in [9.17, 15) is 4.79 Å². The van der Waals surface area contributed by atoms with Gasteiger partial charge in [-0.25, -0.2) is 0 Å². The van der Waals surface area contributed by atoms with Crippen molar-refractivity contribution < 1.29 is 4.79 Å². The molecule has 1 aromatic heterocycles. The first-order chi connectivity index (χ1) is 8.58. The van der Waals surface area contributed by atoms with E-state index in [0.717, 1.165) is 8.66 Å². The molecule has 94 valence electrons. The van der Waals surface area contributed by atoms with Crippen molar-refractivity contribution in [2.45, 2.75) is 6.54 Å². The Morgan fingerprint density at radius 3 is 2.44 bits per heavy atom. The number of nitrogens with one attached hydrogen (secondary N) is 1. The first-order valence-corrected chi connectivity index (χ1v) is 7.41. The lowest BCUT2D eigenvalue weighted by Gasteiger charge is -2.07. The third-order valence-electron chi connectivity index (χ3n) is 2.24. The molecule has 0 fully saturated rings. The molecular weight excluding hydrogens is 357 g/mol. The average molecular weight is 365 g/mol. The summed E-state index contributed by atoms with van der Waals surface area (Å²) in [5.74, 6) is -0.268. The second-order valence-electron chi connectivity index (χ2n) is 3.49. The number of thiophene rings is 1. The van der Waals surface area contributed by atoms with E-state index in [1.807, 2.05) is 12.1 Å². The van der Waals surface area contributed by atoms with E-state index in [1.54, 1.807) is 29.5 Å². The Balaban J connectivity index is 2.08. The number of hydrogen-bond acceptors (Lipinski definition) is 2. The smallest absolute Gasteiger partial charge is 0.254 e. The van der Waals surface area contributed by atoms with Crippen molar-refractivity contribution in [1.82, 2.24) is 5.32 Å². The third kappa shape index (κ3) is 3.26. The zero-order valence-corrected chi connectivity index (χ0v) is 13.0. The highest BCUT2D eigenvalue weighted by Gasteiger charge is 2.14. The Labute approximate surface area is 127 Å². The molecule has 0 radical (unpaired) electrons. The van der Waals surface area contributed by atoms with Crippen LogP contribution >= 0.6 is 50.5 Å². The van der Waals surface area contributed by atoms with Crippen molar-refractivity contribution in [3.05, 3.63) is 54.6 Å². The highest BCUT2D eigenvalue weighted by atomic mass is 79.9. The summed E-state index contributed by atoms with van der Waals surface area (Å²) in [6, 6.07) is 8.88. The Kier molecular flexibility index (Phi) is 4.67. The normalized spacial score (nSPS) is 10.4. The summed E-state index contributed by atoms with van der Waals surface area (Å²) in [5, 5.41) is 3.50. The summed E-state index contributed by atoms with van der Waals surface area (Å²) in [7, 11) is 0. The van der Waals surface area contributed by atoms with Crippen molar-refractivity contribution in [3.8, 4) is 0 Å². The monoisotopic (exact) mass is 363 g/mol. The molecule has 0 saturated carbocycles. The minimum absolute atomic E-state index is 0.268. The van der Waals surface area contributed by atoms with Crippen molar-refractivity contribution in [3.63, 3.8) is 0 Å². The van der Waals surface area contributed by atoms with Gasteiger partial charge in [0.15, 0.2) is 0 Å². The fourth-order valence-electron chi connectivity index (χ4n) is 1.42. The van der Waals surface area contributed by atoms with Gasteiger partial charge < -0.3 is 5.32 Å². The Bertz CT molecular complexity index is 565. The lowest BCUT2D eigenvalue weighted by molar-refractivity contribution is 0.0951. The molecule has 2 aromatic rings. The van der Waals surface area contributed by atoms with Crippen molar-refractivity contribution in [1.29, 1.82) is 0 Å². The van der Waals surface area contributed by atoms with Crippen LogP contribution in [0.3, 0.4) is 0 Å². The van der Waals surface area contributed by atoms with Gasteiger partial charge in [0.25, 0.3) is 5.91 Å². The molecule has 0 aliphatic heterocycles. The largest absolute Gasteiger partial charge is 0.347 e. The number of rotatable bonds is 3. The minimum atomic E-state index is -0.268. The lowest BCUT2D eigenvalue weighted by atomic mass is 10.2. The quantitative estimate of drug-likeness (QED) is 0.836. The molecule has 1 aromatic carbocycles. The zero-order valence-electron chi connectivity index (χ0n) is 9.04. The van der Waals surface area contributed by atoms with Gasteiger partial charge in [-0.2, -0.15) is 0 Å². The number of carbonyl (C=O) groups excluding carboxylic acids is 1. The van der Waals surface area contributed by atoms with Crippen LogP contribution in [0.15, 0.2) is 34.1 Å². The molecule has 0 saturated heterocycles. The van der Waals surface area contributed by atoms with Crippen LogP contribution in [0.5, 0.6) is 0 Å². The maximum absolute atomic E-state index is 12.0. The first kappa shape index (κ1) is 13.9. The molecule has 18 heavy (non-hydrogen) atoms. The number of halogens is 3. The topological polar surface area (TPSA) is 29.1 Å². The van der Waals surface area contributed by atoms with E-state index in [-0.39, 0.29) is 5.91 Å². The number of amides is 1. The van der Waals surface area contributed by atoms with E-state index in [0.29, 0.717) is 22.2 Å². The average Bonchev–Trinajstić information content (AvgIpc) is 2.72. The molecule has 1 amide bonds. The predicted octanol–water partition coefficient (Wildman–Crippen LogP) is 4.75. The van der Waals surface area contributed by atoms with E-state index in [2.05, 4.69) is 21.2 Å².